The third-order valence-corrected chi connectivity index (χ3v) is 6.17. The molecule has 0 aromatic heterocycles. The number of phenols is 1. The maximum Gasteiger partial charge on any atom is 0.255 e. The van der Waals surface area contributed by atoms with Crippen LogP contribution in [0.3, 0.4) is 0 Å². The van der Waals surface area contributed by atoms with Gasteiger partial charge in [-0.15, -0.1) is 0 Å². The molecule has 0 bridgehead atoms. The highest BCUT2D eigenvalue weighted by Gasteiger charge is 2.27. The molecule has 1 saturated heterocycles. The van der Waals surface area contributed by atoms with Crippen molar-refractivity contribution in [2.24, 2.45) is 0 Å². The first-order valence-electron chi connectivity index (χ1n) is 7.78. The van der Waals surface area contributed by atoms with Crippen LogP contribution >= 0.6 is 11.6 Å². The molecule has 0 spiro atoms. The number of halogens is 1. The molecule has 2 aromatic carbocycles. The first-order valence-corrected chi connectivity index (χ1v) is 9.60. The minimum Gasteiger partial charge on any atom is -0.506 e. The Morgan fingerprint density at radius 3 is 2.36 bits per heavy atom. The molecule has 132 valence electrons. The Labute approximate surface area is 151 Å². The number of rotatable bonds is 4. The number of sulfonamides is 1. The Morgan fingerprint density at radius 1 is 1.08 bits per heavy atom. The predicted molar refractivity (Wildman–Crippen MR) is 95.5 cm³/mol. The molecule has 0 radical (unpaired) electrons. The number of hydrogen-bond donors (Lipinski definition) is 2. The van der Waals surface area contributed by atoms with Gasteiger partial charge in [0.1, 0.15) is 5.75 Å². The lowest BCUT2D eigenvalue weighted by atomic mass is 10.2. The van der Waals surface area contributed by atoms with Gasteiger partial charge in [-0.3, -0.25) is 4.79 Å². The van der Waals surface area contributed by atoms with Crippen LogP contribution in [-0.2, 0) is 10.0 Å². The van der Waals surface area contributed by atoms with Gasteiger partial charge in [-0.1, -0.05) is 11.6 Å². The van der Waals surface area contributed by atoms with E-state index in [4.69, 9.17) is 11.6 Å². The van der Waals surface area contributed by atoms with Gasteiger partial charge in [0.05, 0.1) is 10.6 Å². The van der Waals surface area contributed by atoms with Crippen LogP contribution in [-0.4, -0.2) is 36.8 Å². The molecular formula is C17H17ClN2O4S. The summed E-state index contributed by atoms with van der Waals surface area (Å²) in [5, 5.41) is 13.0. The number of benzene rings is 2. The zero-order valence-corrected chi connectivity index (χ0v) is 14.8. The molecule has 1 heterocycles. The summed E-state index contributed by atoms with van der Waals surface area (Å²) in [5.41, 5.74) is 0.386. The quantitative estimate of drug-likeness (QED) is 0.798. The molecular weight excluding hydrogens is 364 g/mol. The lowest BCUT2D eigenvalue weighted by Gasteiger charge is -2.16. The lowest BCUT2D eigenvalue weighted by Crippen LogP contribution is -2.28. The van der Waals surface area contributed by atoms with Crippen LogP contribution in [0.4, 0.5) is 5.69 Å². The zero-order chi connectivity index (χ0) is 18.0. The molecule has 1 fully saturated rings. The smallest absolute Gasteiger partial charge is 0.255 e. The summed E-state index contributed by atoms with van der Waals surface area (Å²) in [6.07, 6.45) is 1.66. The first-order chi connectivity index (χ1) is 11.9. The van der Waals surface area contributed by atoms with E-state index in [9.17, 15) is 18.3 Å². The van der Waals surface area contributed by atoms with Crippen LogP contribution in [0.25, 0.3) is 0 Å². The highest BCUT2D eigenvalue weighted by Crippen LogP contribution is 2.29. The third-order valence-electron chi connectivity index (χ3n) is 4.03. The normalized spacial score (nSPS) is 15.2. The van der Waals surface area contributed by atoms with Gasteiger partial charge < -0.3 is 10.4 Å². The fraction of sp³-hybridized carbons (Fsp3) is 0.235. The van der Waals surface area contributed by atoms with Crippen LogP contribution in [0.15, 0.2) is 47.4 Å². The van der Waals surface area contributed by atoms with E-state index in [-0.39, 0.29) is 16.3 Å². The van der Waals surface area contributed by atoms with E-state index < -0.39 is 15.9 Å². The molecule has 1 aliphatic rings. The average molecular weight is 381 g/mol. The van der Waals surface area contributed by atoms with Crippen LogP contribution in [0.1, 0.15) is 23.2 Å². The fourth-order valence-corrected chi connectivity index (χ4v) is 4.32. The van der Waals surface area contributed by atoms with E-state index in [1.807, 2.05) is 0 Å². The number of nitrogens with one attached hydrogen (secondary N) is 1. The van der Waals surface area contributed by atoms with Gasteiger partial charge in [-0.05, 0) is 55.3 Å². The van der Waals surface area contributed by atoms with Crippen molar-refractivity contribution >= 4 is 33.2 Å². The third kappa shape index (κ3) is 3.78. The highest BCUT2D eigenvalue weighted by atomic mass is 35.5. The van der Waals surface area contributed by atoms with Crippen molar-refractivity contribution in [3.8, 4) is 5.75 Å². The van der Waals surface area contributed by atoms with Gasteiger partial charge in [0.2, 0.25) is 10.0 Å². The summed E-state index contributed by atoms with van der Waals surface area (Å²) >= 11 is 5.79. The van der Waals surface area contributed by atoms with Gasteiger partial charge in [-0.25, -0.2) is 8.42 Å². The summed E-state index contributed by atoms with van der Waals surface area (Å²) < 4.78 is 26.6. The van der Waals surface area contributed by atoms with Crippen molar-refractivity contribution < 1.29 is 18.3 Å². The average Bonchev–Trinajstić information content (AvgIpc) is 3.12. The molecule has 1 aliphatic heterocycles. The molecule has 25 heavy (non-hydrogen) atoms. The summed E-state index contributed by atoms with van der Waals surface area (Å²) in [4.78, 5) is 12.3. The van der Waals surface area contributed by atoms with Gasteiger partial charge >= 0.3 is 0 Å². The zero-order valence-electron chi connectivity index (χ0n) is 13.3. The number of carbonyl (C=O) groups excluding carboxylic acids is 1. The molecule has 1 amide bonds. The summed E-state index contributed by atoms with van der Waals surface area (Å²) in [7, 11) is -3.63. The van der Waals surface area contributed by atoms with Gasteiger partial charge in [0, 0.05) is 23.7 Å². The first kappa shape index (κ1) is 17.7. The number of aromatic hydroxyl groups is 1. The van der Waals surface area contributed by atoms with Crippen molar-refractivity contribution in [1.82, 2.24) is 4.31 Å². The number of carbonyl (C=O) groups is 1. The summed E-state index contributed by atoms with van der Waals surface area (Å²) in [6, 6.07) is 10.1. The Hall–Kier alpha value is -2.09. The molecule has 0 aliphatic carbocycles. The lowest BCUT2D eigenvalue weighted by molar-refractivity contribution is 0.102. The number of hydrogen-bond acceptors (Lipinski definition) is 4. The molecule has 3 rings (SSSR count). The number of anilines is 1. The monoisotopic (exact) mass is 380 g/mol. The van der Waals surface area contributed by atoms with Crippen LogP contribution in [0, 0.1) is 0 Å². The van der Waals surface area contributed by atoms with Crippen molar-refractivity contribution in [3.63, 3.8) is 0 Å². The molecule has 2 N–H and O–H groups in total. The van der Waals surface area contributed by atoms with Crippen molar-refractivity contribution in [1.29, 1.82) is 0 Å². The summed E-state index contributed by atoms with van der Waals surface area (Å²) in [5.74, 6) is -0.676. The number of nitrogens with zero attached hydrogens (tertiary/aromatic N) is 1. The van der Waals surface area contributed by atoms with Crippen LogP contribution in [0.5, 0.6) is 5.75 Å². The standard InChI is InChI=1S/C17H17ClN2O4S/c18-13-5-3-12(4-6-13)17(22)19-15-11-14(7-8-16(15)21)25(23,24)20-9-1-2-10-20/h3-8,11,21H,1-2,9-10H2,(H,19,22). The molecule has 0 saturated carbocycles. The van der Waals surface area contributed by atoms with Crippen LogP contribution < -0.4 is 5.32 Å². The van der Waals surface area contributed by atoms with E-state index in [1.165, 1.54) is 22.5 Å². The second kappa shape index (κ2) is 7.03. The van der Waals surface area contributed by atoms with Gasteiger partial charge in [-0.2, -0.15) is 4.31 Å². The topological polar surface area (TPSA) is 86.7 Å². The Balaban J connectivity index is 1.87. The number of phenolic OH excluding ortho intramolecular Hbond substituents is 1. The molecule has 0 atom stereocenters. The van der Waals surface area contributed by atoms with Crippen LogP contribution in [0.2, 0.25) is 5.02 Å². The SMILES string of the molecule is O=C(Nc1cc(S(=O)(=O)N2CCCC2)ccc1O)c1ccc(Cl)cc1. The Morgan fingerprint density at radius 2 is 1.72 bits per heavy atom. The van der Waals surface area contributed by atoms with Gasteiger partial charge in [0.25, 0.3) is 5.91 Å². The molecule has 8 heteroatoms. The van der Waals surface area contributed by atoms with E-state index in [1.54, 1.807) is 24.3 Å². The van der Waals surface area contributed by atoms with E-state index >= 15 is 0 Å². The second-order valence-electron chi connectivity index (χ2n) is 5.75. The second-order valence-corrected chi connectivity index (χ2v) is 8.13. The molecule has 6 nitrogen and oxygen atoms in total. The largest absolute Gasteiger partial charge is 0.506 e. The van der Waals surface area contributed by atoms with E-state index in [0.717, 1.165) is 12.8 Å². The highest BCUT2D eigenvalue weighted by molar-refractivity contribution is 7.89. The van der Waals surface area contributed by atoms with Crippen molar-refractivity contribution in [3.05, 3.63) is 53.1 Å². The number of amides is 1. The minimum absolute atomic E-state index is 0.0404. The van der Waals surface area contributed by atoms with Gasteiger partial charge in [0.15, 0.2) is 0 Å². The predicted octanol–water partition coefficient (Wildman–Crippen LogP) is 3.08. The van der Waals surface area contributed by atoms with E-state index in [2.05, 4.69) is 5.32 Å². The molecule has 2 aromatic rings. The molecule has 0 unspecified atom stereocenters. The Bertz CT molecular complexity index is 891. The maximum absolute atomic E-state index is 12.6. The van der Waals surface area contributed by atoms with Crippen molar-refractivity contribution in [2.45, 2.75) is 17.7 Å². The fourth-order valence-electron chi connectivity index (χ4n) is 2.65. The Kier molecular flexibility index (Phi) is 4.99. The minimum atomic E-state index is -3.63. The van der Waals surface area contributed by atoms with Crippen molar-refractivity contribution in [2.75, 3.05) is 18.4 Å². The maximum atomic E-state index is 12.6. The summed E-state index contributed by atoms with van der Waals surface area (Å²) in [6.45, 7) is 0.964. The van der Waals surface area contributed by atoms with E-state index in [0.29, 0.717) is 23.7 Å².